The number of nitrogens with one attached hydrogen (secondary N) is 1. The maximum Gasteiger partial charge on any atom is 0.573 e. The van der Waals surface area contributed by atoms with Crippen LogP contribution in [0.5, 0.6) is 5.75 Å². The molecule has 2 heterocycles. The predicted molar refractivity (Wildman–Crippen MR) is 71.9 cm³/mol. The zero-order chi connectivity index (χ0) is 15.7. The Morgan fingerprint density at radius 3 is 2.59 bits per heavy atom. The standard InChI is InChI=1S/C14H15F4N3O/c15-9-6-10-11(7-12(9)22-14(16,17)18)20-13(19-10)8-21-4-2-1-3-5-21/h6-7H,1-5,8H2,(H,19,20). The number of hydrogen-bond donors (Lipinski definition) is 1. The molecule has 8 heteroatoms. The van der Waals surface area contributed by atoms with Gasteiger partial charge in [-0.05, 0) is 25.9 Å². The van der Waals surface area contributed by atoms with Crippen LogP contribution in [0.15, 0.2) is 12.1 Å². The molecule has 120 valence electrons. The van der Waals surface area contributed by atoms with Crippen molar-refractivity contribution >= 4 is 11.0 Å². The van der Waals surface area contributed by atoms with Gasteiger partial charge in [-0.2, -0.15) is 0 Å². The van der Waals surface area contributed by atoms with Crippen LogP contribution in [-0.4, -0.2) is 34.3 Å². The van der Waals surface area contributed by atoms with Crippen molar-refractivity contribution in [2.24, 2.45) is 0 Å². The number of hydrogen-bond acceptors (Lipinski definition) is 3. The van der Waals surface area contributed by atoms with E-state index in [1.165, 1.54) is 6.42 Å². The van der Waals surface area contributed by atoms with Gasteiger partial charge in [0.25, 0.3) is 0 Å². The van der Waals surface area contributed by atoms with E-state index in [0.717, 1.165) is 38.1 Å². The summed E-state index contributed by atoms with van der Waals surface area (Å²) in [5, 5.41) is 0. The number of piperidine rings is 1. The molecule has 0 saturated carbocycles. The van der Waals surface area contributed by atoms with Gasteiger partial charge in [-0.25, -0.2) is 9.37 Å². The number of H-pyrrole nitrogens is 1. The fourth-order valence-electron chi connectivity index (χ4n) is 2.67. The molecule has 0 aliphatic carbocycles. The Bertz CT molecular complexity index is 662. The molecule has 1 N–H and O–H groups in total. The quantitative estimate of drug-likeness (QED) is 0.880. The van der Waals surface area contributed by atoms with Gasteiger partial charge in [-0.1, -0.05) is 6.42 Å². The molecule has 1 aliphatic heterocycles. The van der Waals surface area contributed by atoms with Crippen molar-refractivity contribution in [3.8, 4) is 5.75 Å². The molecule has 3 rings (SSSR count). The van der Waals surface area contributed by atoms with E-state index in [4.69, 9.17) is 0 Å². The normalized spacial score (nSPS) is 17.1. The fraction of sp³-hybridized carbons (Fsp3) is 0.500. The third-order valence-electron chi connectivity index (χ3n) is 3.63. The molecule has 0 spiro atoms. The second-order valence-corrected chi connectivity index (χ2v) is 5.37. The number of ether oxygens (including phenoxy) is 1. The lowest BCUT2D eigenvalue weighted by Gasteiger charge is -2.25. The van der Waals surface area contributed by atoms with E-state index in [9.17, 15) is 17.6 Å². The Labute approximate surface area is 124 Å². The minimum Gasteiger partial charge on any atom is -0.403 e. The highest BCUT2D eigenvalue weighted by Crippen LogP contribution is 2.29. The van der Waals surface area contributed by atoms with Gasteiger partial charge in [0.2, 0.25) is 0 Å². The molecule has 22 heavy (non-hydrogen) atoms. The average molecular weight is 317 g/mol. The summed E-state index contributed by atoms with van der Waals surface area (Å²) in [7, 11) is 0. The van der Waals surface area contributed by atoms with Gasteiger partial charge in [-0.15, -0.1) is 13.2 Å². The van der Waals surface area contributed by atoms with Gasteiger partial charge in [0, 0.05) is 12.1 Å². The first-order valence-electron chi connectivity index (χ1n) is 7.07. The highest BCUT2D eigenvalue weighted by Gasteiger charge is 2.32. The molecule has 0 bridgehead atoms. The molecule has 1 aromatic heterocycles. The van der Waals surface area contributed by atoms with Crippen molar-refractivity contribution in [1.82, 2.24) is 14.9 Å². The fourth-order valence-corrected chi connectivity index (χ4v) is 2.67. The zero-order valence-corrected chi connectivity index (χ0v) is 11.7. The second kappa shape index (κ2) is 5.75. The summed E-state index contributed by atoms with van der Waals surface area (Å²) >= 11 is 0. The lowest BCUT2D eigenvalue weighted by atomic mass is 10.1. The van der Waals surface area contributed by atoms with Gasteiger partial charge in [0.1, 0.15) is 5.82 Å². The van der Waals surface area contributed by atoms with Gasteiger partial charge in [-0.3, -0.25) is 4.90 Å². The topological polar surface area (TPSA) is 41.2 Å². The third kappa shape index (κ3) is 3.49. The van der Waals surface area contributed by atoms with Crippen molar-refractivity contribution in [2.75, 3.05) is 13.1 Å². The van der Waals surface area contributed by atoms with Gasteiger partial charge in [0.15, 0.2) is 11.6 Å². The molecule has 1 aromatic carbocycles. The van der Waals surface area contributed by atoms with Crippen LogP contribution in [0.25, 0.3) is 11.0 Å². The highest BCUT2D eigenvalue weighted by molar-refractivity contribution is 5.77. The highest BCUT2D eigenvalue weighted by atomic mass is 19.4. The average Bonchev–Trinajstić information content (AvgIpc) is 2.80. The zero-order valence-electron chi connectivity index (χ0n) is 11.7. The number of aromatic nitrogens is 2. The number of halogens is 4. The van der Waals surface area contributed by atoms with E-state index in [1.54, 1.807) is 0 Å². The number of aromatic amines is 1. The van der Waals surface area contributed by atoms with Gasteiger partial charge in [0.05, 0.1) is 17.6 Å². The number of benzene rings is 1. The largest absolute Gasteiger partial charge is 0.573 e. The summed E-state index contributed by atoms with van der Waals surface area (Å²) in [6, 6.07) is 1.94. The lowest BCUT2D eigenvalue weighted by molar-refractivity contribution is -0.275. The Morgan fingerprint density at radius 2 is 1.91 bits per heavy atom. The summed E-state index contributed by atoms with van der Waals surface area (Å²) in [5.74, 6) is -1.32. The lowest BCUT2D eigenvalue weighted by Crippen LogP contribution is -2.29. The molecule has 0 radical (unpaired) electrons. The second-order valence-electron chi connectivity index (χ2n) is 5.37. The molecule has 2 aromatic rings. The maximum atomic E-state index is 13.6. The van der Waals surface area contributed by atoms with Crippen molar-refractivity contribution < 1.29 is 22.3 Å². The van der Waals surface area contributed by atoms with E-state index in [2.05, 4.69) is 19.6 Å². The minimum absolute atomic E-state index is 0.257. The summed E-state index contributed by atoms with van der Waals surface area (Å²) in [5.41, 5.74) is 0.617. The molecule has 4 nitrogen and oxygen atoms in total. The number of likely N-dealkylation sites (tertiary alicyclic amines) is 1. The molecular weight excluding hydrogens is 302 g/mol. The smallest absolute Gasteiger partial charge is 0.403 e. The first-order valence-corrected chi connectivity index (χ1v) is 7.07. The summed E-state index contributed by atoms with van der Waals surface area (Å²) in [4.78, 5) is 9.38. The Balaban J connectivity index is 1.83. The number of imidazole rings is 1. The SMILES string of the molecule is Fc1cc2[nH]c(CN3CCCCC3)nc2cc1OC(F)(F)F. The first-order chi connectivity index (χ1) is 10.4. The molecule has 1 saturated heterocycles. The van der Waals surface area contributed by atoms with Crippen LogP contribution in [0, 0.1) is 5.82 Å². The van der Waals surface area contributed by atoms with Crippen molar-refractivity contribution in [3.63, 3.8) is 0 Å². The number of nitrogens with zero attached hydrogens (tertiary/aromatic N) is 2. The monoisotopic (exact) mass is 317 g/mol. The maximum absolute atomic E-state index is 13.6. The van der Waals surface area contributed by atoms with E-state index < -0.39 is 17.9 Å². The molecule has 0 atom stereocenters. The van der Waals surface area contributed by atoms with Crippen LogP contribution in [0.3, 0.4) is 0 Å². The summed E-state index contributed by atoms with van der Waals surface area (Å²) < 4.78 is 53.9. The number of rotatable bonds is 3. The molecule has 0 unspecified atom stereocenters. The summed E-state index contributed by atoms with van der Waals surface area (Å²) in [6.07, 6.45) is -1.47. The van der Waals surface area contributed by atoms with E-state index in [0.29, 0.717) is 17.9 Å². The first kappa shape index (κ1) is 15.1. The Hall–Kier alpha value is -1.83. The van der Waals surface area contributed by atoms with E-state index >= 15 is 0 Å². The van der Waals surface area contributed by atoms with Gasteiger partial charge >= 0.3 is 6.36 Å². The Kier molecular flexibility index (Phi) is 3.94. The third-order valence-corrected chi connectivity index (χ3v) is 3.63. The molecule has 0 amide bonds. The van der Waals surface area contributed by atoms with Gasteiger partial charge < -0.3 is 9.72 Å². The van der Waals surface area contributed by atoms with Crippen LogP contribution >= 0.6 is 0 Å². The molecule has 1 aliphatic rings. The van der Waals surface area contributed by atoms with Crippen LogP contribution in [-0.2, 0) is 6.54 Å². The van der Waals surface area contributed by atoms with Crippen LogP contribution in [0.4, 0.5) is 17.6 Å². The van der Waals surface area contributed by atoms with Crippen molar-refractivity contribution in [1.29, 1.82) is 0 Å². The van der Waals surface area contributed by atoms with E-state index in [-0.39, 0.29) is 5.52 Å². The van der Waals surface area contributed by atoms with Crippen molar-refractivity contribution in [2.45, 2.75) is 32.2 Å². The molecular formula is C14H15F4N3O. The summed E-state index contributed by atoms with van der Waals surface area (Å²) in [6.45, 7) is 2.51. The minimum atomic E-state index is -4.93. The van der Waals surface area contributed by atoms with Crippen LogP contribution in [0.2, 0.25) is 0 Å². The Morgan fingerprint density at radius 1 is 1.18 bits per heavy atom. The van der Waals surface area contributed by atoms with E-state index in [1.807, 2.05) is 0 Å². The van der Waals surface area contributed by atoms with Crippen LogP contribution in [0.1, 0.15) is 25.1 Å². The molecule has 1 fully saturated rings. The van der Waals surface area contributed by atoms with Crippen molar-refractivity contribution in [3.05, 3.63) is 23.8 Å². The number of fused-ring (bicyclic) bond motifs is 1. The van der Waals surface area contributed by atoms with Crippen LogP contribution < -0.4 is 4.74 Å². The number of alkyl halides is 3. The predicted octanol–water partition coefficient (Wildman–Crippen LogP) is 3.59.